The average Bonchev–Trinajstić information content (AvgIpc) is 2.15. The molecule has 16 heavy (non-hydrogen) atoms. The smallest absolute Gasteiger partial charge is 0.243 e. The molecule has 0 rings (SSSR count). The van der Waals surface area contributed by atoms with Crippen molar-refractivity contribution in [2.24, 2.45) is 17.4 Å². The molecule has 1 atom stereocenters. The number of nitrogens with one attached hydrogen (secondary N) is 1. The molecule has 0 spiro atoms. The molecule has 0 aromatic rings. The molecule has 0 aliphatic carbocycles. The van der Waals surface area contributed by atoms with Crippen LogP contribution in [0.4, 0.5) is 0 Å². The van der Waals surface area contributed by atoms with Crippen molar-refractivity contribution in [3.8, 4) is 0 Å². The highest BCUT2D eigenvalue weighted by molar-refractivity contribution is 5.81. The van der Waals surface area contributed by atoms with E-state index in [1.54, 1.807) is 0 Å². The van der Waals surface area contributed by atoms with Crippen LogP contribution in [0.1, 0.15) is 20.3 Å². The number of primary amides is 1. The summed E-state index contributed by atoms with van der Waals surface area (Å²) in [5, 5.41) is 2.62. The Hall–Kier alpha value is -1.14. The van der Waals surface area contributed by atoms with E-state index in [9.17, 15) is 9.59 Å². The quantitative estimate of drug-likeness (QED) is 0.464. The Morgan fingerprint density at radius 2 is 2.00 bits per heavy atom. The Labute approximate surface area is 95.7 Å². The van der Waals surface area contributed by atoms with E-state index in [4.69, 9.17) is 16.2 Å². The van der Waals surface area contributed by atoms with Crippen molar-refractivity contribution < 1.29 is 14.3 Å². The second-order valence-electron chi connectivity index (χ2n) is 4.05. The molecule has 0 saturated heterocycles. The van der Waals surface area contributed by atoms with Gasteiger partial charge >= 0.3 is 0 Å². The van der Waals surface area contributed by atoms with Crippen LogP contribution in [-0.4, -0.2) is 37.6 Å². The molecular formula is C10H21N3O3. The van der Waals surface area contributed by atoms with Crippen molar-refractivity contribution in [2.75, 3.05) is 19.8 Å². The van der Waals surface area contributed by atoms with Gasteiger partial charge < -0.3 is 21.5 Å². The number of carbonyl (C=O) groups is 2. The summed E-state index contributed by atoms with van der Waals surface area (Å²) in [5.41, 5.74) is 10.5. The maximum atomic E-state index is 11.4. The summed E-state index contributed by atoms with van der Waals surface area (Å²) in [6.45, 7) is 4.46. The lowest BCUT2D eigenvalue weighted by Crippen LogP contribution is -2.42. The Morgan fingerprint density at radius 3 is 2.50 bits per heavy atom. The lowest BCUT2D eigenvalue weighted by atomic mass is 10.0. The van der Waals surface area contributed by atoms with E-state index in [1.807, 2.05) is 13.8 Å². The van der Waals surface area contributed by atoms with Gasteiger partial charge in [-0.25, -0.2) is 0 Å². The number of amides is 2. The third-order valence-corrected chi connectivity index (χ3v) is 1.85. The predicted molar refractivity (Wildman–Crippen MR) is 60.5 cm³/mol. The maximum absolute atomic E-state index is 11.4. The second-order valence-corrected chi connectivity index (χ2v) is 4.05. The zero-order chi connectivity index (χ0) is 12.6. The predicted octanol–water partition coefficient (Wildman–Crippen LogP) is -1.02. The van der Waals surface area contributed by atoms with Gasteiger partial charge in [0.25, 0.3) is 0 Å². The summed E-state index contributed by atoms with van der Waals surface area (Å²) < 4.78 is 4.88. The Bertz CT molecular complexity index is 231. The molecule has 0 fully saturated rings. The monoisotopic (exact) mass is 231 g/mol. The first-order chi connectivity index (χ1) is 7.43. The normalized spacial score (nSPS) is 12.5. The largest absolute Gasteiger partial charge is 0.370 e. The number of ether oxygens (including phenoxy) is 1. The summed E-state index contributed by atoms with van der Waals surface area (Å²) in [5.74, 6) is -0.342. The molecule has 0 aliphatic heterocycles. The number of hydrogen-bond acceptors (Lipinski definition) is 4. The summed E-state index contributed by atoms with van der Waals surface area (Å²) >= 11 is 0. The van der Waals surface area contributed by atoms with Gasteiger partial charge in [0.2, 0.25) is 11.8 Å². The molecule has 0 radical (unpaired) electrons. The molecular weight excluding hydrogens is 210 g/mol. The number of nitrogens with two attached hydrogens (primary N) is 2. The van der Waals surface area contributed by atoms with Crippen LogP contribution < -0.4 is 16.8 Å². The van der Waals surface area contributed by atoms with Crippen LogP contribution in [0.3, 0.4) is 0 Å². The highest BCUT2D eigenvalue weighted by atomic mass is 16.5. The summed E-state index contributed by atoms with van der Waals surface area (Å²) in [4.78, 5) is 21.7. The Kier molecular flexibility index (Phi) is 7.49. The number of rotatable bonds is 8. The van der Waals surface area contributed by atoms with Gasteiger partial charge in [-0.15, -0.1) is 0 Å². The van der Waals surface area contributed by atoms with Crippen LogP contribution in [0.5, 0.6) is 0 Å². The minimum Gasteiger partial charge on any atom is -0.370 e. The third-order valence-electron chi connectivity index (χ3n) is 1.85. The van der Waals surface area contributed by atoms with Crippen molar-refractivity contribution in [3.63, 3.8) is 0 Å². The SMILES string of the molecule is CC(C)C[C@H](N)C(=O)NCCOCC(N)=O. The van der Waals surface area contributed by atoms with Gasteiger partial charge in [-0.05, 0) is 12.3 Å². The first kappa shape index (κ1) is 14.9. The summed E-state index contributed by atoms with van der Waals surface area (Å²) in [7, 11) is 0. The van der Waals surface area contributed by atoms with E-state index >= 15 is 0 Å². The zero-order valence-electron chi connectivity index (χ0n) is 9.86. The fourth-order valence-corrected chi connectivity index (χ4v) is 1.17. The maximum Gasteiger partial charge on any atom is 0.243 e. The van der Waals surface area contributed by atoms with E-state index in [-0.39, 0.29) is 19.1 Å². The van der Waals surface area contributed by atoms with Crippen LogP contribution in [-0.2, 0) is 14.3 Å². The van der Waals surface area contributed by atoms with E-state index in [1.165, 1.54) is 0 Å². The highest BCUT2D eigenvalue weighted by Gasteiger charge is 2.13. The fraction of sp³-hybridized carbons (Fsp3) is 0.800. The minimum atomic E-state index is -0.525. The van der Waals surface area contributed by atoms with Gasteiger partial charge in [0.15, 0.2) is 0 Å². The van der Waals surface area contributed by atoms with Gasteiger partial charge in [0.1, 0.15) is 6.61 Å². The number of hydrogen-bond donors (Lipinski definition) is 3. The number of carbonyl (C=O) groups excluding carboxylic acids is 2. The molecule has 0 bridgehead atoms. The van der Waals surface area contributed by atoms with E-state index in [0.29, 0.717) is 18.9 Å². The van der Waals surface area contributed by atoms with E-state index in [2.05, 4.69) is 5.32 Å². The van der Waals surface area contributed by atoms with Crippen molar-refractivity contribution >= 4 is 11.8 Å². The van der Waals surface area contributed by atoms with Crippen molar-refractivity contribution in [3.05, 3.63) is 0 Å². The van der Waals surface area contributed by atoms with E-state index < -0.39 is 11.9 Å². The van der Waals surface area contributed by atoms with Crippen LogP contribution in [0, 0.1) is 5.92 Å². The van der Waals surface area contributed by atoms with Gasteiger partial charge in [-0.2, -0.15) is 0 Å². The van der Waals surface area contributed by atoms with Crippen LogP contribution in [0.25, 0.3) is 0 Å². The standard InChI is InChI=1S/C10H21N3O3/c1-7(2)5-8(11)10(15)13-3-4-16-6-9(12)14/h7-8H,3-6,11H2,1-2H3,(H2,12,14)(H,13,15)/t8-/m0/s1. The molecule has 0 saturated carbocycles. The molecule has 5 N–H and O–H groups in total. The fourth-order valence-electron chi connectivity index (χ4n) is 1.17. The second kappa shape index (κ2) is 8.06. The van der Waals surface area contributed by atoms with Gasteiger partial charge in [0, 0.05) is 6.54 Å². The summed E-state index contributed by atoms with van der Waals surface area (Å²) in [6.07, 6.45) is 0.647. The van der Waals surface area contributed by atoms with Gasteiger partial charge in [0.05, 0.1) is 12.6 Å². The first-order valence-electron chi connectivity index (χ1n) is 5.32. The lowest BCUT2D eigenvalue weighted by Gasteiger charge is -2.13. The van der Waals surface area contributed by atoms with Crippen LogP contribution >= 0.6 is 0 Å². The van der Waals surface area contributed by atoms with Gasteiger partial charge in [-0.1, -0.05) is 13.8 Å². The van der Waals surface area contributed by atoms with Gasteiger partial charge in [-0.3, -0.25) is 9.59 Å². The molecule has 6 heteroatoms. The minimum absolute atomic E-state index is 0.131. The molecule has 2 amide bonds. The van der Waals surface area contributed by atoms with Crippen LogP contribution in [0.15, 0.2) is 0 Å². The highest BCUT2D eigenvalue weighted by Crippen LogP contribution is 2.02. The van der Waals surface area contributed by atoms with Crippen molar-refractivity contribution in [1.82, 2.24) is 5.32 Å². The molecule has 6 nitrogen and oxygen atoms in total. The molecule has 0 aromatic heterocycles. The average molecular weight is 231 g/mol. The van der Waals surface area contributed by atoms with Crippen molar-refractivity contribution in [2.45, 2.75) is 26.3 Å². The molecule has 94 valence electrons. The first-order valence-corrected chi connectivity index (χ1v) is 5.32. The molecule has 0 unspecified atom stereocenters. The summed E-state index contributed by atoms with van der Waals surface area (Å²) in [6, 6.07) is -0.490. The topological polar surface area (TPSA) is 107 Å². The Balaban J connectivity index is 3.53. The molecule has 0 heterocycles. The zero-order valence-corrected chi connectivity index (χ0v) is 9.86. The van der Waals surface area contributed by atoms with Crippen LogP contribution in [0.2, 0.25) is 0 Å². The van der Waals surface area contributed by atoms with E-state index in [0.717, 1.165) is 0 Å². The lowest BCUT2D eigenvalue weighted by molar-refractivity contribution is -0.123. The Morgan fingerprint density at radius 1 is 1.38 bits per heavy atom. The molecule has 0 aliphatic rings. The molecule has 0 aromatic carbocycles. The van der Waals surface area contributed by atoms with Crippen molar-refractivity contribution in [1.29, 1.82) is 0 Å². The third kappa shape index (κ3) is 8.19.